The third-order valence-electron chi connectivity index (χ3n) is 3.32. The number of halogens is 5. The highest BCUT2D eigenvalue weighted by atomic mass is 35.5. The lowest BCUT2D eigenvalue weighted by molar-refractivity contribution is -0.137. The summed E-state index contributed by atoms with van der Waals surface area (Å²) < 4.78 is 38.2. The van der Waals surface area contributed by atoms with Gasteiger partial charge in [-0.1, -0.05) is 29.3 Å². The van der Waals surface area contributed by atoms with Crippen LogP contribution in [0.1, 0.15) is 18.4 Å². The zero-order valence-electron chi connectivity index (χ0n) is 11.6. The van der Waals surface area contributed by atoms with Gasteiger partial charge in [-0.05, 0) is 25.0 Å². The molecular weight excluding hydrogens is 350 g/mol. The quantitative estimate of drug-likeness (QED) is 0.885. The summed E-state index contributed by atoms with van der Waals surface area (Å²) >= 11 is 12.4. The summed E-state index contributed by atoms with van der Waals surface area (Å²) in [6, 6.07) is 3.35. The second-order valence-corrected chi connectivity index (χ2v) is 5.82. The summed E-state index contributed by atoms with van der Waals surface area (Å²) in [6.45, 7) is 0. The van der Waals surface area contributed by atoms with Crippen molar-refractivity contribution in [2.45, 2.75) is 19.0 Å². The molecule has 0 saturated heterocycles. The Labute approximate surface area is 139 Å². The molecule has 120 valence electrons. The molecule has 0 fully saturated rings. The molecule has 2 aromatic heterocycles. The number of hydrogen-bond donors (Lipinski definition) is 1. The van der Waals surface area contributed by atoms with Crippen molar-refractivity contribution >= 4 is 45.9 Å². The van der Waals surface area contributed by atoms with E-state index in [0.717, 1.165) is 30.0 Å². The van der Waals surface area contributed by atoms with Gasteiger partial charge in [-0.2, -0.15) is 13.2 Å². The van der Waals surface area contributed by atoms with Gasteiger partial charge in [-0.3, -0.25) is 0 Å². The van der Waals surface area contributed by atoms with E-state index in [0.29, 0.717) is 21.8 Å². The van der Waals surface area contributed by atoms with Gasteiger partial charge < -0.3 is 5.32 Å². The predicted molar refractivity (Wildman–Crippen MR) is 84.0 cm³/mol. The highest BCUT2D eigenvalue weighted by Gasteiger charge is 2.30. The van der Waals surface area contributed by atoms with Crippen molar-refractivity contribution in [2.75, 3.05) is 5.32 Å². The fourth-order valence-corrected chi connectivity index (χ4v) is 2.78. The number of alkyl halides is 3. The normalized spacial score (nSPS) is 14.2. The fourth-order valence-electron chi connectivity index (χ4n) is 2.26. The summed E-state index contributed by atoms with van der Waals surface area (Å²) in [7, 11) is 0. The molecule has 23 heavy (non-hydrogen) atoms. The van der Waals surface area contributed by atoms with Crippen molar-refractivity contribution in [2.24, 2.45) is 0 Å². The van der Waals surface area contributed by atoms with Gasteiger partial charge in [-0.25, -0.2) is 9.97 Å². The molecule has 2 heterocycles. The Bertz CT molecular complexity index is 879. The summed E-state index contributed by atoms with van der Waals surface area (Å²) in [6.07, 6.45) is 0.00554. The molecule has 2 aromatic rings. The van der Waals surface area contributed by atoms with Crippen LogP contribution >= 0.6 is 23.2 Å². The molecule has 1 aliphatic carbocycles. The van der Waals surface area contributed by atoms with Crippen LogP contribution in [0.3, 0.4) is 0 Å². The van der Waals surface area contributed by atoms with E-state index in [1.807, 2.05) is 6.08 Å². The van der Waals surface area contributed by atoms with E-state index in [1.54, 1.807) is 0 Å². The molecule has 1 aliphatic rings. The summed E-state index contributed by atoms with van der Waals surface area (Å²) in [5.41, 5.74) is -0.794. The van der Waals surface area contributed by atoms with Crippen LogP contribution in [0.5, 0.6) is 0 Å². The Kier molecular flexibility index (Phi) is 4.21. The number of anilines is 2. The maximum Gasteiger partial charge on any atom is 0.416 e. The average molecular weight is 360 g/mol. The lowest BCUT2D eigenvalue weighted by Crippen LogP contribution is -2.33. The van der Waals surface area contributed by atoms with E-state index in [9.17, 15) is 13.2 Å². The minimum absolute atomic E-state index is 0.0271. The van der Waals surface area contributed by atoms with E-state index in [2.05, 4.69) is 15.3 Å². The first-order valence-corrected chi connectivity index (χ1v) is 7.46. The summed E-state index contributed by atoms with van der Waals surface area (Å²) in [5, 5.41) is 5.02. The summed E-state index contributed by atoms with van der Waals surface area (Å²) in [4.78, 5) is 8.19. The van der Waals surface area contributed by atoms with Gasteiger partial charge in [0.15, 0.2) is 0 Å². The molecule has 0 radical (unpaired) electrons. The standard InChI is InChI=1S/C15H10Cl2F3N3/c16-10-3-1-2-9-11(17)7-13(23-14(9)10)22-12-6-8(4-5-21-12)15(18,19)20/h2,4-7H,1,3H2,(H,21,22,23). The van der Waals surface area contributed by atoms with Gasteiger partial charge in [0, 0.05) is 22.5 Å². The van der Waals surface area contributed by atoms with Gasteiger partial charge >= 0.3 is 6.18 Å². The third-order valence-corrected chi connectivity index (χ3v) is 4.00. The van der Waals surface area contributed by atoms with E-state index in [1.165, 1.54) is 6.07 Å². The molecule has 1 N–H and O–H groups in total. The predicted octanol–water partition coefficient (Wildman–Crippen LogP) is 3.81. The zero-order valence-corrected chi connectivity index (χ0v) is 13.1. The van der Waals surface area contributed by atoms with E-state index < -0.39 is 11.7 Å². The molecule has 0 atom stereocenters. The topological polar surface area (TPSA) is 37.8 Å². The van der Waals surface area contributed by atoms with Crippen LogP contribution in [-0.2, 0) is 6.18 Å². The number of pyridine rings is 2. The smallest absolute Gasteiger partial charge is 0.325 e. The Hall–Kier alpha value is -1.79. The van der Waals surface area contributed by atoms with Crippen molar-refractivity contribution < 1.29 is 13.2 Å². The van der Waals surface area contributed by atoms with Crippen molar-refractivity contribution in [3.8, 4) is 0 Å². The molecule has 0 spiro atoms. The Morgan fingerprint density at radius 2 is 1.91 bits per heavy atom. The van der Waals surface area contributed by atoms with Crippen LogP contribution in [0, 0.1) is 0 Å². The average Bonchev–Trinajstić information content (AvgIpc) is 2.48. The van der Waals surface area contributed by atoms with Crippen molar-refractivity contribution in [1.29, 1.82) is 0 Å². The van der Waals surface area contributed by atoms with E-state index in [4.69, 9.17) is 23.2 Å². The van der Waals surface area contributed by atoms with Crippen LogP contribution in [0.4, 0.5) is 24.8 Å². The highest BCUT2D eigenvalue weighted by Crippen LogP contribution is 2.30. The molecule has 8 heteroatoms. The molecule has 0 unspecified atom stereocenters. The molecule has 0 amide bonds. The molecule has 0 bridgehead atoms. The van der Waals surface area contributed by atoms with Gasteiger partial charge in [0.1, 0.15) is 11.6 Å². The second-order valence-electron chi connectivity index (χ2n) is 4.95. The van der Waals surface area contributed by atoms with Gasteiger partial charge in [0.05, 0.1) is 15.9 Å². The van der Waals surface area contributed by atoms with Crippen molar-refractivity contribution in [3.63, 3.8) is 0 Å². The van der Waals surface area contributed by atoms with Gasteiger partial charge in [0.25, 0.3) is 0 Å². The number of nitrogens with zero attached hydrogens (tertiary/aromatic N) is 2. The zero-order chi connectivity index (χ0) is 16.6. The Balaban J connectivity index is 2.01. The van der Waals surface area contributed by atoms with Gasteiger partial charge in [0.2, 0.25) is 0 Å². The molecule has 3 rings (SSSR count). The minimum atomic E-state index is -4.44. The largest absolute Gasteiger partial charge is 0.416 e. The number of aromatic nitrogens is 2. The van der Waals surface area contributed by atoms with Crippen LogP contribution in [-0.4, -0.2) is 9.97 Å². The SMILES string of the molecule is FC(F)(F)c1ccnc(Nc2cc(Cl)c3c(n2)=C(Cl)CCC=3)c1. The van der Waals surface area contributed by atoms with Crippen LogP contribution in [0.15, 0.2) is 24.4 Å². The lowest BCUT2D eigenvalue weighted by Gasteiger charge is -2.11. The van der Waals surface area contributed by atoms with E-state index in [-0.39, 0.29) is 11.6 Å². The van der Waals surface area contributed by atoms with Crippen LogP contribution < -0.4 is 15.9 Å². The minimum Gasteiger partial charge on any atom is -0.325 e. The number of hydrogen-bond acceptors (Lipinski definition) is 3. The Morgan fingerprint density at radius 3 is 2.65 bits per heavy atom. The first-order chi connectivity index (χ1) is 10.8. The molecule has 0 saturated carbocycles. The molecular formula is C15H10Cl2F3N3. The lowest BCUT2D eigenvalue weighted by atomic mass is 10.1. The van der Waals surface area contributed by atoms with Crippen molar-refractivity contribution in [1.82, 2.24) is 9.97 Å². The first kappa shape index (κ1) is 16.1. The second kappa shape index (κ2) is 6.02. The molecule has 0 aromatic carbocycles. The number of rotatable bonds is 2. The highest BCUT2D eigenvalue weighted by molar-refractivity contribution is 6.45. The fraction of sp³-hybridized carbons (Fsp3) is 0.200. The summed E-state index contributed by atoms with van der Waals surface area (Å²) in [5.74, 6) is 0.313. The first-order valence-electron chi connectivity index (χ1n) is 6.70. The number of nitrogens with one attached hydrogen (secondary N) is 1. The third kappa shape index (κ3) is 3.43. The Morgan fingerprint density at radius 1 is 1.13 bits per heavy atom. The van der Waals surface area contributed by atoms with Crippen molar-refractivity contribution in [3.05, 3.63) is 45.5 Å². The van der Waals surface area contributed by atoms with Crippen LogP contribution in [0.25, 0.3) is 11.1 Å². The van der Waals surface area contributed by atoms with Gasteiger partial charge in [-0.15, -0.1) is 0 Å². The van der Waals surface area contributed by atoms with E-state index >= 15 is 0 Å². The maximum atomic E-state index is 12.7. The maximum absolute atomic E-state index is 12.7. The molecule has 3 nitrogen and oxygen atoms in total. The monoisotopic (exact) mass is 359 g/mol. The molecule has 0 aliphatic heterocycles. The van der Waals surface area contributed by atoms with Crippen LogP contribution in [0.2, 0.25) is 5.02 Å². The number of fused-ring (bicyclic) bond motifs is 1.